The first-order valence-electron chi connectivity index (χ1n) is 8.97. The summed E-state index contributed by atoms with van der Waals surface area (Å²) in [6.45, 7) is 1.85. The van der Waals surface area contributed by atoms with Gasteiger partial charge in [-0.2, -0.15) is 0 Å². The summed E-state index contributed by atoms with van der Waals surface area (Å²) >= 11 is 5.86. The van der Waals surface area contributed by atoms with E-state index in [2.05, 4.69) is 81.9 Å². The van der Waals surface area contributed by atoms with Crippen LogP contribution in [0.2, 0.25) is 0 Å². The summed E-state index contributed by atoms with van der Waals surface area (Å²) in [7, 11) is 0. The van der Waals surface area contributed by atoms with Gasteiger partial charge in [-0.15, -0.1) is 0 Å². The molecule has 0 amide bonds. The van der Waals surface area contributed by atoms with E-state index in [1.165, 1.54) is 38.5 Å². The van der Waals surface area contributed by atoms with Gasteiger partial charge in [0.25, 0.3) is 0 Å². The Morgan fingerprint density at radius 2 is 1.62 bits per heavy atom. The fourth-order valence-electron chi connectivity index (χ4n) is 4.83. The maximum Gasteiger partial charge on any atom is 0.146 e. The normalized spacial score (nSPS) is 21.5. The Hall–Kier alpha value is -2.69. The first-order valence-corrected chi connectivity index (χ1v) is 9.38. The Morgan fingerprint density at radius 1 is 0.846 bits per heavy atom. The minimum absolute atomic E-state index is 0.377. The number of nitrogens with one attached hydrogen (secondary N) is 2. The molecular formula is C22H17N3S. The minimum Gasteiger partial charge on any atom is -0.354 e. The molecule has 1 fully saturated rings. The number of para-hydroxylation sites is 1. The Bertz CT molecular complexity index is 1210. The van der Waals surface area contributed by atoms with E-state index in [9.17, 15) is 0 Å². The van der Waals surface area contributed by atoms with Gasteiger partial charge in [-0.05, 0) is 12.1 Å². The predicted octanol–water partition coefficient (Wildman–Crippen LogP) is 4.12. The number of hydrogen-bond donors (Lipinski definition) is 2. The molecule has 2 N–H and O–H groups in total. The topological polar surface area (TPSA) is 31.1 Å². The summed E-state index contributed by atoms with van der Waals surface area (Å²) in [4.78, 5) is 6.89. The average molecular weight is 355 g/mol. The lowest BCUT2D eigenvalue weighted by Crippen LogP contribution is -2.46. The van der Waals surface area contributed by atoms with E-state index in [0.29, 0.717) is 0 Å². The van der Waals surface area contributed by atoms with Crippen LogP contribution in [0.25, 0.3) is 21.8 Å². The molecule has 2 aliphatic rings. The second-order valence-corrected chi connectivity index (χ2v) is 7.42. The third-order valence-corrected chi connectivity index (χ3v) is 6.27. The number of rotatable bonds is 1. The molecule has 3 aromatic carbocycles. The first kappa shape index (κ1) is 14.5. The maximum atomic E-state index is 5.86. The standard InChI is InChI=1S/C22H17N3S/c26-21-14-6-1-3-8-16(14)22(23-12-13-25(21)22)17-9-5-11-19-20(17)15-7-2-4-10-18(15)24-19/h1-11,23-24H,12-13H2. The van der Waals surface area contributed by atoms with Gasteiger partial charge in [-0.3, -0.25) is 5.32 Å². The lowest BCUT2D eigenvalue weighted by Gasteiger charge is -2.35. The zero-order valence-corrected chi connectivity index (χ0v) is 14.9. The number of fused-ring (bicyclic) bond motifs is 6. The SMILES string of the molecule is S=C1c2ccccc2C2(c3cccc4[nH]c5ccccc5c34)NCCN12. The van der Waals surface area contributed by atoms with Crippen molar-refractivity contribution in [2.75, 3.05) is 13.1 Å². The molecule has 4 aromatic rings. The van der Waals surface area contributed by atoms with E-state index in [1.807, 2.05) is 0 Å². The molecule has 2 aliphatic heterocycles. The van der Waals surface area contributed by atoms with Crippen molar-refractivity contribution in [1.82, 2.24) is 15.2 Å². The van der Waals surface area contributed by atoms with Crippen LogP contribution in [0, 0.1) is 0 Å². The highest BCUT2D eigenvalue weighted by atomic mass is 32.1. The van der Waals surface area contributed by atoms with Crippen LogP contribution in [-0.4, -0.2) is 28.0 Å². The van der Waals surface area contributed by atoms with Crippen molar-refractivity contribution in [2.24, 2.45) is 0 Å². The van der Waals surface area contributed by atoms with Crippen LogP contribution in [0.3, 0.4) is 0 Å². The third kappa shape index (κ3) is 1.59. The van der Waals surface area contributed by atoms with Crippen LogP contribution in [0.5, 0.6) is 0 Å². The predicted molar refractivity (Wildman–Crippen MR) is 109 cm³/mol. The largest absolute Gasteiger partial charge is 0.354 e. The van der Waals surface area contributed by atoms with Crippen LogP contribution in [0.1, 0.15) is 16.7 Å². The zero-order chi connectivity index (χ0) is 17.3. The summed E-state index contributed by atoms with van der Waals surface area (Å²) < 4.78 is 0. The molecular weight excluding hydrogens is 338 g/mol. The van der Waals surface area contributed by atoms with Gasteiger partial charge < -0.3 is 9.88 Å². The molecule has 0 aliphatic carbocycles. The van der Waals surface area contributed by atoms with Gasteiger partial charge in [-0.25, -0.2) is 0 Å². The van der Waals surface area contributed by atoms with Gasteiger partial charge in [0.15, 0.2) is 0 Å². The highest BCUT2D eigenvalue weighted by Gasteiger charge is 2.52. The van der Waals surface area contributed by atoms with Crippen molar-refractivity contribution < 1.29 is 0 Å². The van der Waals surface area contributed by atoms with Crippen molar-refractivity contribution in [3.63, 3.8) is 0 Å². The lowest BCUT2D eigenvalue weighted by atomic mass is 9.88. The maximum absolute atomic E-state index is 5.86. The number of thiocarbonyl (C=S) groups is 1. The first-order chi connectivity index (χ1) is 12.8. The molecule has 126 valence electrons. The third-order valence-electron chi connectivity index (χ3n) is 5.83. The summed E-state index contributed by atoms with van der Waals surface area (Å²) in [5.41, 5.74) is 5.67. The van der Waals surface area contributed by atoms with Crippen LogP contribution >= 0.6 is 12.2 Å². The molecule has 1 saturated heterocycles. The number of aromatic amines is 1. The lowest BCUT2D eigenvalue weighted by molar-refractivity contribution is 0.283. The van der Waals surface area contributed by atoms with Crippen molar-refractivity contribution >= 4 is 39.0 Å². The minimum atomic E-state index is -0.377. The van der Waals surface area contributed by atoms with Gasteiger partial charge >= 0.3 is 0 Å². The van der Waals surface area contributed by atoms with Gasteiger partial charge in [0.05, 0.1) is 0 Å². The number of aromatic nitrogens is 1. The summed E-state index contributed by atoms with van der Waals surface area (Å²) in [6.07, 6.45) is 0. The molecule has 26 heavy (non-hydrogen) atoms. The van der Waals surface area contributed by atoms with Crippen molar-refractivity contribution in [3.8, 4) is 0 Å². The van der Waals surface area contributed by atoms with E-state index in [1.54, 1.807) is 0 Å². The van der Waals surface area contributed by atoms with Crippen molar-refractivity contribution in [3.05, 3.63) is 83.4 Å². The fourth-order valence-corrected chi connectivity index (χ4v) is 5.23. The molecule has 1 aromatic heterocycles. The molecule has 0 spiro atoms. The van der Waals surface area contributed by atoms with E-state index in [4.69, 9.17) is 12.2 Å². The Kier molecular flexibility index (Phi) is 2.75. The summed E-state index contributed by atoms with van der Waals surface area (Å²) in [5, 5.41) is 6.35. The molecule has 6 rings (SSSR count). The molecule has 1 atom stereocenters. The highest BCUT2D eigenvalue weighted by molar-refractivity contribution is 7.80. The Morgan fingerprint density at radius 3 is 2.58 bits per heavy atom. The average Bonchev–Trinajstić information content (AvgIpc) is 3.34. The molecule has 0 saturated carbocycles. The monoisotopic (exact) mass is 355 g/mol. The number of H-pyrrole nitrogens is 1. The number of benzene rings is 3. The van der Waals surface area contributed by atoms with Gasteiger partial charge in [0, 0.05) is 51.6 Å². The second-order valence-electron chi connectivity index (χ2n) is 7.04. The molecule has 3 nitrogen and oxygen atoms in total. The van der Waals surface area contributed by atoms with Gasteiger partial charge in [-0.1, -0.05) is 66.8 Å². The fraction of sp³-hybridized carbons (Fsp3) is 0.136. The van der Waals surface area contributed by atoms with E-state index < -0.39 is 0 Å². The Balaban J connectivity index is 1.77. The second kappa shape index (κ2) is 4.93. The summed E-state index contributed by atoms with van der Waals surface area (Å²) in [5.74, 6) is 0. The van der Waals surface area contributed by atoms with Crippen LogP contribution in [-0.2, 0) is 5.66 Å². The quantitative estimate of drug-likeness (QED) is 0.504. The van der Waals surface area contributed by atoms with Gasteiger partial charge in [0.2, 0.25) is 0 Å². The van der Waals surface area contributed by atoms with E-state index in [-0.39, 0.29) is 5.66 Å². The molecule has 0 bridgehead atoms. The smallest absolute Gasteiger partial charge is 0.146 e. The zero-order valence-electron chi connectivity index (χ0n) is 14.1. The summed E-state index contributed by atoms with van der Waals surface area (Å²) in [6, 6.07) is 23.6. The number of hydrogen-bond acceptors (Lipinski definition) is 2. The van der Waals surface area contributed by atoms with Crippen LogP contribution in [0.15, 0.2) is 66.7 Å². The highest BCUT2D eigenvalue weighted by Crippen LogP contribution is 2.47. The molecule has 0 radical (unpaired) electrons. The Labute approximate surface area is 156 Å². The van der Waals surface area contributed by atoms with Crippen LogP contribution < -0.4 is 5.32 Å². The van der Waals surface area contributed by atoms with Crippen molar-refractivity contribution in [1.29, 1.82) is 0 Å². The van der Waals surface area contributed by atoms with Crippen LogP contribution in [0.4, 0.5) is 0 Å². The molecule has 1 unspecified atom stereocenters. The van der Waals surface area contributed by atoms with Crippen molar-refractivity contribution in [2.45, 2.75) is 5.66 Å². The van der Waals surface area contributed by atoms with E-state index in [0.717, 1.165) is 18.1 Å². The van der Waals surface area contributed by atoms with E-state index >= 15 is 0 Å². The molecule has 3 heterocycles. The molecule has 4 heteroatoms. The number of nitrogens with zero attached hydrogens (tertiary/aromatic N) is 1. The van der Waals surface area contributed by atoms with Gasteiger partial charge in [0.1, 0.15) is 10.7 Å².